The van der Waals surface area contributed by atoms with E-state index in [1.807, 2.05) is 0 Å². The number of hydrogen-bond donors (Lipinski definition) is 2. The van der Waals surface area contributed by atoms with E-state index in [-0.39, 0.29) is 18.4 Å². The van der Waals surface area contributed by atoms with E-state index >= 15 is 0 Å². The Morgan fingerprint density at radius 1 is 1.32 bits per heavy atom. The summed E-state index contributed by atoms with van der Waals surface area (Å²) in [5.74, 6) is -0.445. The molecule has 0 saturated carbocycles. The number of nitrogen functional groups attached to an aromatic ring is 1. The van der Waals surface area contributed by atoms with Gasteiger partial charge in [0.25, 0.3) is 5.91 Å². The molecule has 1 heterocycles. The molecule has 1 aliphatic heterocycles. The molecule has 2 amide bonds. The molecule has 1 aliphatic rings. The van der Waals surface area contributed by atoms with E-state index in [9.17, 15) is 9.59 Å². The molecule has 0 spiro atoms. The molecule has 0 atom stereocenters. The summed E-state index contributed by atoms with van der Waals surface area (Å²) < 4.78 is 0. The highest BCUT2D eigenvalue weighted by Gasteiger charge is 2.19. The predicted octanol–water partition coefficient (Wildman–Crippen LogP) is 1.27. The minimum Gasteiger partial charge on any atom is -0.398 e. The highest BCUT2D eigenvalue weighted by molar-refractivity contribution is 6.31. The second-order valence-electron chi connectivity index (χ2n) is 4.50. The Balaban J connectivity index is 1.93. The standard InChI is InChI=1S/C13H16ClN3O2/c14-9-3-4-11(15)10(7-9)13(19)16-8-12(18)17-5-1-2-6-17/h3-4,7H,1-2,5-6,8,15H2,(H,16,19). The fourth-order valence-corrected chi connectivity index (χ4v) is 2.23. The summed E-state index contributed by atoms with van der Waals surface area (Å²) in [4.78, 5) is 25.5. The van der Waals surface area contributed by atoms with Crippen LogP contribution >= 0.6 is 11.6 Å². The second kappa shape index (κ2) is 5.93. The lowest BCUT2D eigenvalue weighted by atomic mass is 10.1. The lowest BCUT2D eigenvalue weighted by Gasteiger charge is -2.15. The fourth-order valence-electron chi connectivity index (χ4n) is 2.05. The highest BCUT2D eigenvalue weighted by atomic mass is 35.5. The zero-order chi connectivity index (χ0) is 13.8. The van der Waals surface area contributed by atoms with Crippen LogP contribution in [0.2, 0.25) is 5.02 Å². The Bertz CT molecular complexity index is 499. The van der Waals surface area contributed by atoms with Crippen LogP contribution in [0, 0.1) is 0 Å². The van der Waals surface area contributed by atoms with Crippen LogP contribution in [0.5, 0.6) is 0 Å². The van der Waals surface area contributed by atoms with Crippen LogP contribution in [0.1, 0.15) is 23.2 Å². The zero-order valence-corrected chi connectivity index (χ0v) is 11.2. The average Bonchev–Trinajstić information content (AvgIpc) is 2.92. The van der Waals surface area contributed by atoms with Crippen molar-refractivity contribution in [3.63, 3.8) is 0 Å². The van der Waals surface area contributed by atoms with Gasteiger partial charge in [-0.3, -0.25) is 9.59 Å². The number of hydrogen-bond acceptors (Lipinski definition) is 3. The van der Waals surface area contributed by atoms with Crippen molar-refractivity contribution in [1.82, 2.24) is 10.2 Å². The van der Waals surface area contributed by atoms with E-state index in [1.54, 1.807) is 17.0 Å². The minimum absolute atomic E-state index is 0.00914. The minimum atomic E-state index is -0.382. The SMILES string of the molecule is Nc1ccc(Cl)cc1C(=O)NCC(=O)N1CCCC1. The second-order valence-corrected chi connectivity index (χ2v) is 4.94. The third-order valence-electron chi connectivity index (χ3n) is 3.12. The summed E-state index contributed by atoms with van der Waals surface area (Å²) >= 11 is 5.82. The van der Waals surface area contributed by atoms with Crippen molar-refractivity contribution < 1.29 is 9.59 Å². The van der Waals surface area contributed by atoms with Crippen LogP contribution in [-0.4, -0.2) is 36.3 Å². The molecule has 0 unspecified atom stereocenters. The maximum absolute atomic E-state index is 11.9. The number of nitrogens with one attached hydrogen (secondary N) is 1. The van der Waals surface area contributed by atoms with Crippen molar-refractivity contribution in [2.45, 2.75) is 12.8 Å². The molecule has 19 heavy (non-hydrogen) atoms. The number of nitrogens with zero attached hydrogens (tertiary/aromatic N) is 1. The Morgan fingerprint density at radius 2 is 2.00 bits per heavy atom. The molecule has 2 rings (SSSR count). The normalized spacial score (nSPS) is 14.5. The van der Waals surface area contributed by atoms with E-state index in [1.165, 1.54) is 6.07 Å². The van der Waals surface area contributed by atoms with Crippen LogP contribution in [0.25, 0.3) is 0 Å². The van der Waals surface area contributed by atoms with Crippen LogP contribution in [0.4, 0.5) is 5.69 Å². The first kappa shape index (κ1) is 13.7. The molecule has 102 valence electrons. The third-order valence-corrected chi connectivity index (χ3v) is 3.35. The van der Waals surface area contributed by atoms with Gasteiger partial charge in [0, 0.05) is 23.8 Å². The molecule has 0 aliphatic carbocycles. The number of anilines is 1. The molecule has 1 aromatic carbocycles. The Kier molecular flexibility index (Phi) is 4.27. The van der Waals surface area contributed by atoms with Gasteiger partial charge in [-0.15, -0.1) is 0 Å². The molecular formula is C13H16ClN3O2. The Labute approximate surface area is 116 Å². The Morgan fingerprint density at radius 3 is 2.68 bits per heavy atom. The van der Waals surface area contributed by atoms with E-state index in [0.29, 0.717) is 16.3 Å². The van der Waals surface area contributed by atoms with Gasteiger partial charge in [0.15, 0.2) is 0 Å². The summed E-state index contributed by atoms with van der Waals surface area (Å²) in [7, 11) is 0. The van der Waals surface area contributed by atoms with E-state index in [0.717, 1.165) is 25.9 Å². The molecule has 6 heteroatoms. The number of nitrogens with two attached hydrogens (primary N) is 1. The van der Waals surface area contributed by atoms with Crippen molar-refractivity contribution in [2.24, 2.45) is 0 Å². The maximum atomic E-state index is 11.9. The average molecular weight is 282 g/mol. The number of rotatable bonds is 3. The monoisotopic (exact) mass is 281 g/mol. The lowest BCUT2D eigenvalue weighted by molar-refractivity contribution is -0.129. The van der Waals surface area contributed by atoms with E-state index < -0.39 is 0 Å². The summed E-state index contributed by atoms with van der Waals surface area (Å²) in [5.41, 5.74) is 6.34. The fraction of sp³-hybridized carbons (Fsp3) is 0.385. The predicted molar refractivity (Wildman–Crippen MR) is 74.0 cm³/mol. The van der Waals surface area contributed by atoms with E-state index in [4.69, 9.17) is 17.3 Å². The van der Waals surface area contributed by atoms with Gasteiger partial charge in [-0.25, -0.2) is 0 Å². The van der Waals surface area contributed by atoms with Gasteiger partial charge < -0.3 is 16.0 Å². The lowest BCUT2D eigenvalue weighted by Crippen LogP contribution is -2.38. The van der Waals surface area contributed by atoms with Crippen LogP contribution in [0.3, 0.4) is 0 Å². The number of amides is 2. The van der Waals surface area contributed by atoms with Gasteiger partial charge in [-0.2, -0.15) is 0 Å². The largest absolute Gasteiger partial charge is 0.398 e. The first-order chi connectivity index (χ1) is 9.08. The van der Waals surface area contributed by atoms with Crippen LogP contribution in [0.15, 0.2) is 18.2 Å². The zero-order valence-electron chi connectivity index (χ0n) is 10.5. The topological polar surface area (TPSA) is 75.4 Å². The van der Waals surface area contributed by atoms with Crippen LogP contribution < -0.4 is 11.1 Å². The van der Waals surface area contributed by atoms with Gasteiger partial charge in [-0.1, -0.05) is 11.6 Å². The van der Waals surface area contributed by atoms with E-state index in [2.05, 4.69) is 5.32 Å². The maximum Gasteiger partial charge on any atom is 0.253 e. The number of benzene rings is 1. The van der Waals surface area contributed by atoms with Gasteiger partial charge in [-0.05, 0) is 31.0 Å². The molecule has 1 fully saturated rings. The number of carbonyl (C=O) groups is 2. The van der Waals surface area contributed by atoms with Gasteiger partial charge >= 0.3 is 0 Å². The molecule has 5 nitrogen and oxygen atoms in total. The molecule has 1 saturated heterocycles. The van der Waals surface area contributed by atoms with Crippen LogP contribution in [-0.2, 0) is 4.79 Å². The number of carbonyl (C=O) groups excluding carboxylic acids is 2. The summed E-state index contributed by atoms with van der Waals surface area (Å²) in [5, 5.41) is 3.01. The van der Waals surface area contributed by atoms with Crippen molar-refractivity contribution in [1.29, 1.82) is 0 Å². The smallest absolute Gasteiger partial charge is 0.253 e. The summed E-state index contributed by atoms with van der Waals surface area (Å²) in [6, 6.07) is 4.68. The third kappa shape index (κ3) is 3.38. The quantitative estimate of drug-likeness (QED) is 0.820. The first-order valence-corrected chi connectivity index (χ1v) is 6.57. The van der Waals surface area contributed by atoms with Crippen molar-refractivity contribution in [3.05, 3.63) is 28.8 Å². The molecule has 0 radical (unpaired) electrons. The molecule has 1 aromatic rings. The number of likely N-dealkylation sites (tertiary alicyclic amines) is 1. The number of halogens is 1. The van der Waals surface area contributed by atoms with Crippen molar-refractivity contribution in [2.75, 3.05) is 25.4 Å². The highest BCUT2D eigenvalue weighted by Crippen LogP contribution is 2.17. The van der Waals surface area contributed by atoms with Crippen molar-refractivity contribution >= 4 is 29.1 Å². The molecule has 0 aromatic heterocycles. The van der Waals surface area contributed by atoms with Gasteiger partial charge in [0.2, 0.25) is 5.91 Å². The summed E-state index contributed by atoms with van der Waals surface area (Å²) in [6.45, 7) is 1.53. The summed E-state index contributed by atoms with van der Waals surface area (Å²) in [6.07, 6.45) is 2.06. The first-order valence-electron chi connectivity index (χ1n) is 6.19. The Hall–Kier alpha value is -1.75. The molecule has 3 N–H and O–H groups in total. The van der Waals surface area contributed by atoms with Gasteiger partial charge in [0.05, 0.1) is 12.1 Å². The van der Waals surface area contributed by atoms with Crippen molar-refractivity contribution in [3.8, 4) is 0 Å². The molecule has 0 bridgehead atoms. The van der Waals surface area contributed by atoms with Gasteiger partial charge in [0.1, 0.15) is 0 Å². The molecular weight excluding hydrogens is 266 g/mol.